The normalized spacial score (nSPS) is 16.7. The maximum atomic E-state index is 6.29. The van der Waals surface area contributed by atoms with Gasteiger partial charge in [-0.15, -0.1) is 5.10 Å². The maximum Gasteiger partial charge on any atom is 0.157 e. The SMILES string of the molecule is Cc1cccc([C@@H](C)Nc2nncc3ccc(OC4CCN(C)CC4)cc23)c1C. The Morgan fingerprint density at radius 2 is 1.93 bits per heavy atom. The van der Waals surface area contributed by atoms with Crippen LogP contribution in [0.3, 0.4) is 0 Å². The summed E-state index contributed by atoms with van der Waals surface area (Å²) in [5.74, 6) is 1.70. The molecular weight excluding hydrogens is 360 g/mol. The van der Waals surface area contributed by atoms with Crippen molar-refractivity contribution < 1.29 is 4.74 Å². The second kappa shape index (κ2) is 8.37. The Labute approximate surface area is 173 Å². The molecule has 29 heavy (non-hydrogen) atoms. The number of piperidine rings is 1. The Hall–Kier alpha value is -2.66. The summed E-state index contributed by atoms with van der Waals surface area (Å²) in [6.45, 7) is 8.66. The van der Waals surface area contributed by atoms with Crippen molar-refractivity contribution in [3.8, 4) is 5.75 Å². The van der Waals surface area contributed by atoms with Gasteiger partial charge in [0, 0.05) is 23.9 Å². The first-order valence-corrected chi connectivity index (χ1v) is 10.4. The molecule has 0 spiro atoms. The molecule has 1 fully saturated rings. The minimum absolute atomic E-state index is 0.133. The van der Waals surface area contributed by atoms with Crippen LogP contribution in [-0.2, 0) is 0 Å². The predicted molar refractivity (Wildman–Crippen MR) is 119 cm³/mol. The second-order valence-electron chi connectivity index (χ2n) is 8.22. The van der Waals surface area contributed by atoms with Crippen molar-refractivity contribution in [2.75, 3.05) is 25.5 Å². The number of rotatable bonds is 5. The molecule has 1 saturated heterocycles. The molecule has 4 rings (SSSR count). The summed E-state index contributed by atoms with van der Waals surface area (Å²) >= 11 is 0. The van der Waals surface area contributed by atoms with Crippen molar-refractivity contribution in [2.45, 2.75) is 45.8 Å². The standard InChI is InChI=1S/C24H30N4O/c1-16-6-5-7-22(17(16)2)18(3)26-24-23-14-21(9-8-19(23)15-25-27-24)29-20-10-12-28(4)13-11-20/h5-9,14-15,18,20H,10-13H2,1-4H3,(H,26,27)/t18-/m1/s1. The van der Waals surface area contributed by atoms with Crippen LogP contribution in [0.5, 0.6) is 5.75 Å². The minimum Gasteiger partial charge on any atom is -0.490 e. The van der Waals surface area contributed by atoms with Crippen LogP contribution >= 0.6 is 0 Å². The van der Waals surface area contributed by atoms with Gasteiger partial charge in [-0.2, -0.15) is 5.10 Å². The lowest BCUT2D eigenvalue weighted by molar-refractivity contribution is 0.114. The molecule has 0 radical (unpaired) electrons. The minimum atomic E-state index is 0.133. The average molecular weight is 391 g/mol. The van der Waals surface area contributed by atoms with Gasteiger partial charge in [0.15, 0.2) is 5.82 Å². The van der Waals surface area contributed by atoms with Crippen LogP contribution in [0.4, 0.5) is 5.82 Å². The van der Waals surface area contributed by atoms with Crippen LogP contribution in [0.15, 0.2) is 42.6 Å². The molecule has 0 amide bonds. The Balaban J connectivity index is 1.58. The number of hydrogen-bond acceptors (Lipinski definition) is 5. The Morgan fingerprint density at radius 3 is 2.72 bits per heavy atom. The summed E-state index contributed by atoms with van der Waals surface area (Å²) in [6.07, 6.45) is 4.22. The van der Waals surface area contributed by atoms with Gasteiger partial charge in [0.2, 0.25) is 0 Å². The third-order valence-corrected chi connectivity index (χ3v) is 6.07. The summed E-state index contributed by atoms with van der Waals surface area (Å²) in [5, 5.41) is 14.3. The lowest BCUT2D eigenvalue weighted by Crippen LogP contribution is -2.35. The van der Waals surface area contributed by atoms with Crippen molar-refractivity contribution in [3.63, 3.8) is 0 Å². The predicted octanol–water partition coefficient (Wildman–Crippen LogP) is 4.89. The monoisotopic (exact) mass is 390 g/mol. The molecule has 2 heterocycles. The maximum absolute atomic E-state index is 6.29. The van der Waals surface area contributed by atoms with E-state index in [1.165, 1.54) is 16.7 Å². The van der Waals surface area contributed by atoms with E-state index in [1.807, 2.05) is 12.3 Å². The fourth-order valence-electron chi connectivity index (χ4n) is 4.06. The molecule has 0 bridgehead atoms. The van der Waals surface area contributed by atoms with Crippen molar-refractivity contribution in [1.82, 2.24) is 15.1 Å². The number of hydrogen-bond donors (Lipinski definition) is 1. The Morgan fingerprint density at radius 1 is 1.14 bits per heavy atom. The zero-order valence-corrected chi connectivity index (χ0v) is 17.8. The third-order valence-electron chi connectivity index (χ3n) is 6.07. The van der Waals surface area contributed by atoms with Gasteiger partial charge >= 0.3 is 0 Å². The van der Waals surface area contributed by atoms with E-state index in [1.54, 1.807) is 0 Å². The van der Waals surface area contributed by atoms with E-state index in [2.05, 4.69) is 78.6 Å². The van der Waals surface area contributed by atoms with Gasteiger partial charge in [-0.05, 0) is 75.5 Å². The highest BCUT2D eigenvalue weighted by Crippen LogP contribution is 2.30. The van der Waals surface area contributed by atoms with Gasteiger partial charge in [0.05, 0.1) is 12.2 Å². The zero-order chi connectivity index (χ0) is 20.4. The summed E-state index contributed by atoms with van der Waals surface area (Å²) in [7, 11) is 2.17. The van der Waals surface area contributed by atoms with Crippen LogP contribution in [0.1, 0.15) is 42.5 Å². The van der Waals surface area contributed by atoms with Crippen LogP contribution in [0.2, 0.25) is 0 Å². The number of anilines is 1. The third kappa shape index (κ3) is 4.35. The Bertz CT molecular complexity index is 995. The number of benzene rings is 2. The number of nitrogens with zero attached hydrogens (tertiary/aromatic N) is 3. The van der Waals surface area contributed by atoms with E-state index in [-0.39, 0.29) is 12.1 Å². The molecule has 1 aromatic heterocycles. The van der Waals surface area contributed by atoms with Crippen molar-refractivity contribution >= 4 is 16.6 Å². The average Bonchev–Trinajstić information content (AvgIpc) is 2.72. The molecule has 3 aromatic rings. The van der Waals surface area contributed by atoms with Crippen molar-refractivity contribution in [3.05, 3.63) is 59.3 Å². The van der Waals surface area contributed by atoms with Crippen LogP contribution in [0, 0.1) is 13.8 Å². The fraction of sp³-hybridized carbons (Fsp3) is 0.417. The molecular formula is C24H30N4O. The van der Waals surface area contributed by atoms with Gasteiger partial charge in [-0.25, -0.2) is 0 Å². The highest BCUT2D eigenvalue weighted by Gasteiger charge is 2.19. The van der Waals surface area contributed by atoms with E-state index >= 15 is 0 Å². The van der Waals surface area contributed by atoms with Gasteiger partial charge in [-0.1, -0.05) is 18.2 Å². The van der Waals surface area contributed by atoms with Gasteiger partial charge in [0.1, 0.15) is 11.9 Å². The molecule has 5 nitrogen and oxygen atoms in total. The molecule has 0 saturated carbocycles. The number of likely N-dealkylation sites (tertiary alicyclic amines) is 1. The number of aromatic nitrogens is 2. The number of fused-ring (bicyclic) bond motifs is 1. The first-order valence-electron chi connectivity index (χ1n) is 10.4. The lowest BCUT2D eigenvalue weighted by Gasteiger charge is -2.29. The Kier molecular flexibility index (Phi) is 5.67. The molecule has 1 atom stereocenters. The number of aryl methyl sites for hydroxylation is 1. The quantitative estimate of drug-likeness (QED) is 0.672. The first-order chi connectivity index (χ1) is 14.0. The number of nitrogens with one attached hydrogen (secondary N) is 1. The largest absolute Gasteiger partial charge is 0.490 e. The number of ether oxygens (including phenoxy) is 1. The van der Waals surface area contributed by atoms with E-state index < -0.39 is 0 Å². The smallest absolute Gasteiger partial charge is 0.157 e. The molecule has 1 N–H and O–H groups in total. The molecule has 0 unspecified atom stereocenters. The van der Waals surface area contributed by atoms with Crippen LogP contribution in [0.25, 0.3) is 10.8 Å². The summed E-state index contributed by atoms with van der Waals surface area (Å²) in [6, 6.07) is 12.8. The zero-order valence-electron chi connectivity index (χ0n) is 17.8. The van der Waals surface area contributed by atoms with Crippen LogP contribution < -0.4 is 10.1 Å². The van der Waals surface area contributed by atoms with Gasteiger partial charge in [0.25, 0.3) is 0 Å². The molecule has 152 valence electrons. The van der Waals surface area contributed by atoms with Gasteiger partial charge < -0.3 is 15.0 Å². The first kappa shape index (κ1) is 19.6. The van der Waals surface area contributed by atoms with Crippen LogP contribution in [-0.4, -0.2) is 41.3 Å². The topological polar surface area (TPSA) is 50.3 Å². The van der Waals surface area contributed by atoms with Gasteiger partial charge in [-0.3, -0.25) is 0 Å². The highest BCUT2D eigenvalue weighted by molar-refractivity contribution is 5.92. The fourth-order valence-corrected chi connectivity index (χ4v) is 4.06. The van der Waals surface area contributed by atoms with E-state index in [4.69, 9.17) is 4.74 Å². The molecule has 0 aliphatic carbocycles. The molecule has 5 heteroatoms. The molecule has 2 aromatic carbocycles. The molecule has 1 aliphatic rings. The summed E-state index contributed by atoms with van der Waals surface area (Å²) in [4.78, 5) is 2.35. The lowest BCUT2D eigenvalue weighted by atomic mass is 9.98. The molecule has 1 aliphatic heterocycles. The van der Waals surface area contributed by atoms with Crippen molar-refractivity contribution in [2.24, 2.45) is 0 Å². The second-order valence-corrected chi connectivity index (χ2v) is 8.22. The highest BCUT2D eigenvalue weighted by atomic mass is 16.5. The summed E-state index contributed by atoms with van der Waals surface area (Å²) < 4.78 is 6.29. The van der Waals surface area contributed by atoms with Crippen molar-refractivity contribution in [1.29, 1.82) is 0 Å². The summed E-state index contributed by atoms with van der Waals surface area (Å²) in [5.41, 5.74) is 3.89. The van der Waals surface area contributed by atoms with E-state index in [0.29, 0.717) is 0 Å². The van der Waals surface area contributed by atoms with E-state index in [0.717, 1.165) is 48.3 Å². The van der Waals surface area contributed by atoms with E-state index in [9.17, 15) is 0 Å².